The van der Waals surface area contributed by atoms with Crippen LogP contribution in [0.25, 0.3) is 0 Å². The van der Waals surface area contributed by atoms with Crippen LogP contribution in [0, 0.1) is 0 Å². The summed E-state index contributed by atoms with van der Waals surface area (Å²) >= 11 is 1.68. The molecule has 0 fully saturated rings. The molecule has 0 saturated heterocycles. The Morgan fingerprint density at radius 1 is 0.679 bits per heavy atom. The van der Waals surface area contributed by atoms with Crippen LogP contribution in [0.3, 0.4) is 0 Å². The molecule has 1 aliphatic rings. The van der Waals surface area contributed by atoms with Gasteiger partial charge in [0.25, 0.3) is 0 Å². The summed E-state index contributed by atoms with van der Waals surface area (Å²) in [4.78, 5) is 0. The summed E-state index contributed by atoms with van der Waals surface area (Å²) in [5.74, 6) is 0. The normalized spacial score (nSPS) is 16.0. The molecule has 0 aliphatic heterocycles. The van der Waals surface area contributed by atoms with E-state index >= 15 is 0 Å². The van der Waals surface area contributed by atoms with Crippen LogP contribution in [0.4, 0.5) is 0 Å². The predicted octanol–water partition coefficient (Wildman–Crippen LogP) is 7.20. The van der Waals surface area contributed by atoms with Crippen molar-refractivity contribution in [1.29, 1.82) is 0 Å². The van der Waals surface area contributed by atoms with E-state index in [2.05, 4.69) is 104 Å². The molecule has 0 amide bonds. The zero-order valence-corrected chi connectivity index (χ0v) is 17.0. The van der Waals surface area contributed by atoms with Crippen LogP contribution in [-0.4, -0.2) is 5.71 Å². The van der Waals surface area contributed by atoms with Crippen LogP contribution in [0.15, 0.2) is 107 Å². The highest BCUT2D eigenvalue weighted by Gasteiger charge is 2.37. The first-order valence-corrected chi connectivity index (χ1v) is 10.7. The zero-order chi connectivity index (χ0) is 19.2. The minimum Gasteiger partial charge on any atom is -0.220 e. The molecule has 3 aromatic carbocycles. The van der Waals surface area contributed by atoms with Crippen molar-refractivity contribution in [2.75, 3.05) is 0 Å². The van der Waals surface area contributed by atoms with Crippen molar-refractivity contribution in [2.45, 2.75) is 30.9 Å². The summed E-state index contributed by atoms with van der Waals surface area (Å²) in [5.41, 5.74) is 6.37. The molecule has 4 rings (SSSR count). The highest BCUT2D eigenvalue weighted by Crippen LogP contribution is 2.49. The third-order valence-electron chi connectivity index (χ3n) is 5.26. The molecule has 2 heteroatoms. The topological polar surface area (TPSA) is 12.4 Å². The van der Waals surface area contributed by atoms with Crippen LogP contribution in [-0.2, 0) is 4.75 Å². The predicted molar refractivity (Wildman–Crippen MR) is 122 cm³/mol. The molecule has 0 aromatic heterocycles. The highest BCUT2D eigenvalue weighted by molar-refractivity contribution is 7.99. The first-order chi connectivity index (χ1) is 13.8. The second-order valence-corrected chi connectivity index (χ2v) is 8.27. The lowest BCUT2D eigenvalue weighted by molar-refractivity contribution is 0.837. The van der Waals surface area contributed by atoms with Crippen LogP contribution < -0.4 is 0 Å². The van der Waals surface area contributed by atoms with E-state index in [1.807, 2.05) is 0 Å². The fraction of sp³-hybridized carbons (Fsp3) is 0.192. The van der Waals surface area contributed by atoms with Crippen molar-refractivity contribution in [2.24, 2.45) is 4.40 Å². The van der Waals surface area contributed by atoms with Crippen LogP contribution in [0.1, 0.15) is 42.9 Å². The molecule has 0 N–H and O–H groups in total. The Kier molecular flexibility index (Phi) is 5.78. The van der Waals surface area contributed by atoms with E-state index in [0.717, 1.165) is 6.42 Å². The Bertz CT molecular complexity index is 862. The minimum absolute atomic E-state index is 0.379. The van der Waals surface area contributed by atoms with Gasteiger partial charge in [-0.25, -0.2) is 4.40 Å². The molecule has 3 aromatic rings. The molecule has 0 radical (unpaired) electrons. The zero-order valence-electron chi connectivity index (χ0n) is 16.2. The molecule has 1 nitrogen and oxygen atoms in total. The number of allylic oxidation sites excluding steroid dienone is 2. The van der Waals surface area contributed by atoms with E-state index in [1.165, 1.54) is 40.8 Å². The molecule has 1 aliphatic carbocycles. The van der Waals surface area contributed by atoms with E-state index < -0.39 is 0 Å². The van der Waals surface area contributed by atoms with E-state index in [4.69, 9.17) is 4.40 Å². The van der Waals surface area contributed by atoms with Crippen molar-refractivity contribution in [1.82, 2.24) is 0 Å². The van der Waals surface area contributed by atoms with Gasteiger partial charge in [-0.15, -0.1) is 0 Å². The lowest BCUT2D eigenvalue weighted by Gasteiger charge is -2.33. The molecule has 0 heterocycles. The van der Waals surface area contributed by atoms with E-state index in [9.17, 15) is 0 Å². The third-order valence-corrected chi connectivity index (χ3v) is 6.56. The maximum absolute atomic E-state index is 5.09. The number of hydrogen-bond acceptors (Lipinski definition) is 2. The van der Waals surface area contributed by atoms with Crippen LogP contribution in [0.5, 0.6) is 0 Å². The molecular formula is C26H25NS. The van der Waals surface area contributed by atoms with E-state index in [-0.39, 0.29) is 4.75 Å². The lowest BCUT2D eigenvalue weighted by Crippen LogP contribution is -2.25. The van der Waals surface area contributed by atoms with E-state index in [0.29, 0.717) is 0 Å². The quantitative estimate of drug-likeness (QED) is 0.335. The van der Waals surface area contributed by atoms with Gasteiger partial charge in [0, 0.05) is 5.71 Å². The van der Waals surface area contributed by atoms with Crippen molar-refractivity contribution >= 4 is 17.7 Å². The monoisotopic (exact) mass is 383 g/mol. The summed E-state index contributed by atoms with van der Waals surface area (Å²) < 4.78 is 4.71. The van der Waals surface area contributed by atoms with Crippen molar-refractivity contribution in [3.63, 3.8) is 0 Å². The van der Waals surface area contributed by atoms with Gasteiger partial charge in [0.05, 0.1) is 0 Å². The Balaban J connectivity index is 1.91. The standard InChI is InChI=1S/C26H25NS/c1-21-12-11-19-25(20-21)27-28-26(22-13-5-2-6-14-22,23-15-7-3-8-16-23)24-17-9-4-10-18-24/h2-10,13-18,20H,11-12,19H2,1H3/b27-25+. The Labute approximate surface area is 172 Å². The van der Waals surface area contributed by atoms with Gasteiger partial charge in [-0.3, -0.25) is 0 Å². The van der Waals surface area contributed by atoms with Gasteiger partial charge >= 0.3 is 0 Å². The average Bonchev–Trinajstić information content (AvgIpc) is 2.77. The largest absolute Gasteiger partial charge is 0.220 e. The maximum atomic E-state index is 5.09. The van der Waals surface area contributed by atoms with Crippen molar-refractivity contribution < 1.29 is 0 Å². The molecule has 140 valence electrons. The molecule has 28 heavy (non-hydrogen) atoms. The molecule has 0 saturated carbocycles. The van der Waals surface area contributed by atoms with Gasteiger partial charge in [0.2, 0.25) is 0 Å². The minimum atomic E-state index is -0.379. The van der Waals surface area contributed by atoms with Gasteiger partial charge in [-0.1, -0.05) is 96.6 Å². The SMILES string of the molecule is CC1=C/C(=N/SC(c2ccccc2)(c2ccccc2)c2ccccc2)CCC1. The number of hydrogen-bond donors (Lipinski definition) is 0. The second kappa shape index (κ2) is 8.62. The Morgan fingerprint density at radius 2 is 1.14 bits per heavy atom. The molecular weight excluding hydrogens is 358 g/mol. The number of nitrogens with zero attached hydrogens (tertiary/aromatic N) is 1. The summed E-state index contributed by atoms with van der Waals surface area (Å²) in [6.07, 6.45) is 5.70. The van der Waals surface area contributed by atoms with Crippen molar-refractivity contribution in [3.05, 3.63) is 119 Å². The van der Waals surface area contributed by atoms with Crippen LogP contribution in [0.2, 0.25) is 0 Å². The summed E-state index contributed by atoms with van der Waals surface area (Å²) in [5, 5.41) is 0. The van der Waals surface area contributed by atoms with E-state index in [1.54, 1.807) is 11.9 Å². The summed E-state index contributed by atoms with van der Waals surface area (Å²) in [6.45, 7) is 2.21. The number of rotatable bonds is 5. The summed E-state index contributed by atoms with van der Waals surface area (Å²) in [7, 11) is 0. The molecule has 0 spiro atoms. The Morgan fingerprint density at radius 3 is 1.57 bits per heavy atom. The lowest BCUT2D eigenvalue weighted by atomic mass is 9.84. The first kappa shape index (κ1) is 18.8. The Hall–Kier alpha value is -2.58. The molecule has 0 bridgehead atoms. The highest BCUT2D eigenvalue weighted by atomic mass is 32.2. The maximum Gasteiger partial charge on any atom is 0.113 e. The van der Waals surface area contributed by atoms with Gasteiger partial charge in [0.1, 0.15) is 4.75 Å². The van der Waals surface area contributed by atoms with Gasteiger partial charge in [-0.2, -0.15) is 0 Å². The van der Waals surface area contributed by atoms with Crippen molar-refractivity contribution in [3.8, 4) is 0 Å². The fourth-order valence-corrected chi connectivity index (χ4v) is 4.98. The number of benzene rings is 3. The summed E-state index contributed by atoms with van der Waals surface area (Å²) in [6, 6.07) is 32.3. The van der Waals surface area contributed by atoms with Crippen LogP contribution >= 0.6 is 11.9 Å². The third kappa shape index (κ3) is 3.83. The first-order valence-electron chi connectivity index (χ1n) is 9.88. The average molecular weight is 384 g/mol. The van der Waals surface area contributed by atoms with Gasteiger partial charge < -0.3 is 0 Å². The molecule has 0 unspecified atom stereocenters. The van der Waals surface area contributed by atoms with Gasteiger partial charge in [0.15, 0.2) is 0 Å². The fourth-order valence-electron chi connectivity index (χ4n) is 3.85. The molecule has 0 atom stereocenters. The second-order valence-electron chi connectivity index (χ2n) is 7.30. The van der Waals surface area contributed by atoms with Gasteiger partial charge in [-0.05, 0) is 60.9 Å². The smallest absolute Gasteiger partial charge is 0.113 e.